The summed E-state index contributed by atoms with van der Waals surface area (Å²) in [5.74, 6) is -0.654. The molecule has 0 aliphatic heterocycles. The van der Waals surface area contributed by atoms with E-state index in [0.29, 0.717) is 5.57 Å². The Morgan fingerprint density at radius 2 is 1.83 bits per heavy atom. The zero-order valence-corrected chi connectivity index (χ0v) is 15.0. The van der Waals surface area contributed by atoms with E-state index in [1.54, 1.807) is 27.7 Å². The van der Waals surface area contributed by atoms with E-state index in [0.717, 1.165) is 0 Å². The van der Waals surface area contributed by atoms with Crippen molar-refractivity contribution in [2.45, 2.75) is 45.8 Å². The Hall–Kier alpha value is -1.95. The van der Waals surface area contributed by atoms with E-state index in [2.05, 4.69) is 11.9 Å². The SMILES string of the molecule is C=C/C(=C\C=C(/N)Cl)C(C)(NC(=O)OC(C)(C)C)C(=O)OCC. The zero-order chi connectivity index (χ0) is 18.3. The summed E-state index contributed by atoms with van der Waals surface area (Å²) >= 11 is 5.59. The molecule has 0 fully saturated rings. The van der Waals surface area contributed by atoms with E-state index in [1.165, 1.54) is 25.2 Å². The van der Waals surface area contributed by atoms with E-state index in [1.807, 2.05) is 0 Å². The van der Waals surface area contributed by atoms with Gasteiger partial charge in [0.25, 0.3) is 0 Å². The second-order valence-electron chi connectivity index (χ2n) is 5.85. The Balaban J connectivity index is 5.69. The fourth-order valence-electron chi connectivity index (χ4n) is 1.63. The van der Waals surface area contributed by atoms with Gasteiger partial charge >= 0.3 is 12.1 Å². The third-order valence-electron chi connectivity index (χ3n) is 2.65. The van der Waals surface area contributed by atoms with Crippen LogP contribution in [0.3, 0.4) is 0 Å². The first-order chi connectivity index (χ1) is 10.5. The van der Waals surface area contributed by atoms with Crippen LogP contribution in [-0.2, 0) is 14.3 Å². The number of alkyl carbamates (subject to hydrolysis) is 1. The molecule has 3 N–H and O–H groups in total. The van der Waals surface area contributed by atoms with Crippen LogP contribution in [0.1, 0.15) is 34.6 Å². The van der Waals surface area contributed by atoms with Crippen molar-refractivity contribution in [2.75, 3.05) is 6.61 Å². The summed E-state index contributed by atoms with van der Waals surface area (Å²) in [4.78, 5) is 24.4. The van der Waals surface area contributed by atoms with Gasteiger partial charge in [-0.3, -0.25) is 0 Å². The highest BCUT2D eigenvalue weighted by atomic mass is 35.5. The average Bonchev–Trinajstić information content (AvgIpc) is 2.36. The summed E-state index contributed by atoms with van der Waals surface area (Å²) < 4.78 is 10.2. The molecule has 0 rings (SSSR count). The summed E-state index contributed by atoms with van der Waals surface area (Å²) in [6, 6.07) is 0. The maximum Gasteiger partial charge on any atom is 0.408 e. The van der Waals surface area contributed by atoms with Crippen molar-refractivity contribution >= 4 is 23.7 Å². The van der Waals surface area contributed by atoms with Crippen LogP contribution in [-0.4, -0.2) is 29.8 Å². The fraction of sp³-hybridized carbons (Fsp3) is 0.500. The van der Waals surface area contributed by atoms with Crippen molar-refractivity contribution in [3.05, 3.63) is 35.5 Å². The number of hydrogen-bond acceptors (Lipinski definition) is 5. The Kier molecular flexibility index (Phi) is 7.89. The number of amides is 1. The molecule has 0 spiro atoms. The highest BCUT2D eigenvalue weighted by Gasteiger charge is 2.40. The number of ether oxygens (including phenoxy) is 2. The molecule has 1 amide bonds. The van der Waals surface area contributed by atoms with Crippen molar-refractivity contribution < 1.29 is 19.1 Å². The molecule has 0 aliphatic carbocycles. The second-order valence-corrected chi connectivity index (χ2v) is 6.29. The minimum absolute atomic E-state index is 0.0211. The molecule has 0 saturated heterocycles. The summed E-state index contributed by atoms with van der Waals surface area (Å²) in [7, 11) is 0. The van der Waals surface area contributed by atoms with Gasteiger partial charge in [0.05, 0.1) is 11.8 Å². The van der Waals surface area contributed by atoms with Gasteiger partial charge in [-0.15, -0.1) is 0 Å². The van der Waals surface area contributed by atoms with Gasteiger partial charge in [-0.05, 0) is 46.3 Å². The number of carbonyl (C=O) groups is 2. The summed E-state index contributed by atoms with van der Waals surface area (Å²) in [6.45, 7) is 12.1. The lowest BCUT2D eigenvalue weighted by atomic mass is 9.91. The Labute approximate surface area is 142 Å². The second kappa shape index (κ2) is 8.62. The minimum Gasteiger partial charge on any atom is -0.464 e. The number of nitrogens with one attached hydrogen (secondary N) is 1. The van der Waals surface area contributed by atoms with E-state index < -0.39 is 23.2 Å². The molecule has 130 valence electrons. The predicted octanol–water partition coefficient (Wildman–Crippen LogP) is 2.98. The number of hydrogen-bond donors (Lipinski definition) is 2. The number of rotatable bonds is 6. The van der Waals surface area contributed by atoms with Crippen LogP contribution < -0.4 is 11.1 Å². The van der Waals surface area contributed by atoms with Crippen molar-refractivity contribution in [1.82, 2.24) is 5.32 Å². The molecule has 0 aromatic rings. The lowest BCUT2D eigenvalue weighted by molar-refractivity contribution is -0.148. The normalized spacial score (nSPS) is 15.4. The molecular formula is C16H25ClN2O4. The maximum atomic E-state index is 12.3. The smallest absolute Gasteiger partial charge is 0.408 e. The highest BCUT2D eigenvalue weighted by Crippen LogP contribution is 2.22. The number of allylic oxidation sites excluding steroid dienone is 2. The number of carbonyl (C=O) groups excluding carboxylic acids is 2. The van der Waals surface area contributed by atoms with Gasteiger partial charge in [0.1, 0.15) is 5.60 Å². The number of nitrogens with two attached hydrogens (primary N) is 1. The van der Waals surface area contributed by atoms with Gasteiger partial charge in [-0.25, -0.2) is 9.59 Å². The molecule has 0 radical (unpaired) electrons. The molecule has 0 aromatic heterocycles. The summed E-state index contributed by atoms with van der Waals surface area (Å²) in [6.07, 6.45) is 3.50. The van der Waals surface area contributed by atoms with Crippen LogP contribution in [0.25, 0.3) is 0 Å². The van der Waals surface area contributed by atoms with Gasteiger partial charge in [0.2, 0.25) is 0 Å². The quantitative estimate of drug-likeness (QED) is 0.439. The van der Waals surface area contributed by atoms with Crippen LogP contribution >= 0.6 is 11.6 Å². The molecule has 0 heterocycles. The molecule has 1 unspecified atom stereocenters. The molecule has 7 heteroatoms. The monoisotopic (exact) mass is 344 g/mol. The van der Waals surface area contributed by atoms with Crippen LogP contribution in [0.5, 0.6) is 0 Å². The van der Waals surface area contributed by atoms with Crippen LogP contribution in [0, 0.1) is 0 Å². The summed E-state index contributed by atoms with van der Waals surface area (Å²) in [5.41, 5.74) is 3.52. The first-order valence-corrected chi connectivity index (χ1v) is 7.48. The largest absolute Gasteiger partial charge is 0.464 e. The molecule has 0 saturated carbocycles. The Morgan fingerprint density at radius 1 is 1.26 bits per heavy atom. The van der Waals surface area contributed by atoms with Crippen LogP contribution in [0.15, 0.2) is 35.5 Å². The van der Waals surface area contributed by atoms with Gasteiger partial charge in [-0.2, -0.15) is 0 Å². The molecule has 0 aromatic carbocycles. The third kappa shape index (κ3) is 7.23. The third-order valence-corrected chi connectivity index (χ3v) is 2.78. The lowest BCUT2D eigenvalue weighted by Crippen LogP contribution is -2.55. The van der Waals surface area contributed by atoms with Gasteiger partial charge < -0.3 is 20.5 Å². The standard InChI is InChI=1S/C16H25ClN2O4/c1-7-11(9-10-12(17)18)16(6,13(20)22-8-2)19-14(21)23-15(3,4)5/h7,9-10H,1,8,18H2,2-6H3,(H,19,21)/b11-9+,12-10-. The number of esters is 1. The highest BCUT2D eigenvalue weighted by molar-refractivity contribution is 6.29. The molecule has 1 atom stereocenters. The average molecular weight is 345 g/mol. The summed E-state index contributed by atoms with van der Waals surface area (Å²) in [5, 5.41) is 2.54. The maximum absolute atomic E-state index is 12.3. The Bertz CT molecular complexity index is 517. The first-order valence-electron chi connectivity index (χ1n) is 7.10. The van der Waals surface area contributed by atoms with Crippen molar-refractivity contribution in [3.63, 3.8) is 0 Å². The fourth-order valence-corrected chi connectivity index (χ4v) is 1.70. The van der Waals surface area contributed by atoms with Crippen LogP contribution in [0.2, 0.25) is 0 Å². The molecule has 23 heavy (non-hydrogen) atoms. The van der Waals surface area contributed by atoms with Crippen LogP contribution in [0.4, 0.5) is 4.79 Å². The lowest BCUT2D eigenvalue weighted by Gasteiger charge is -2.31. The zero-order valence-electron chi connectivity index (χ0n) is 14.2. The molecule has 6 nitrogen and oxygen atoms in total. The van der Waals surface area contributed by atoms with E-state index in [4.69, 9.17) is 26.8 Å². The van der Waals surface area contributed by atoms with Crippen molar-refractivity contribution in [2.24, 2.45) is 5.73 Å². The van der Waals surface area contributed by atoms with E-state index >= 15 is 0 Å². The molecule has 0 bridgehead atoms. The topological polar surface area (TPSA) is 90.6 Å². The Morgan fingerprint density at radius 3 is 2.22 bits per heavy atom. The molecule has 0 aliphatic rings. The van der Waals surface area contributed by atoms with Crippen molar-refractivity contribution in [3.8, 4) is 0 Å². The predicted molar refractivity (Wildman–Crippen MR) is 90.8 cm³/mol. The van der Waals surface area contributed by atoms with Gasteiger partial charge in [0.15, 0.2) is 5.54 Å². The molecular weight excluding hydrogens is 320 g/mol. The van der Waals surface area contributed by atoms with Crippen molar-refractivity contribution in [1.29, 1.82) is 0 Å². The number of halogens is 1. The van der Waals surface area contributed by atoms with E-state index in [-0.39, 0.29) is 11.8 Å². The minimum atomic E-state index is -1.50. The van der Waals surface area contributed by atoms with Gasteiger partial charge in [-0.1, -0.05) is 30.3 Å². The van der Waals surface area contributed by atoms with Gasteiger partial charge in [0, 0.05) is 0 Å². The first kappa shape index (κ1) is 21.0. The van der Waals surface area contributed by atoms with E-state index in [9.17, 15) is 9.59 Å².